The Morgan fingerprint density at radius 2 is 2.11 bits per heavy atom. The van der Waals surface area contributed by atoms with Crippen LogP contribution in [0.5, 0.6) is 0 Å². The van der Waals surface area contributed by atoms with Crippen molar-refractivity contribution in [3.8, 4) is 10.6 Å². The predicted molar refractivity (Wildman–Crippen MR) is 77.3 cm³/mol. The third-order valence-corrected chi connectivity index (χ3v) is 4.06. The summed E-state index contributed by atoms with van der Waals surface area (Å²) in [6.07, 6.45) is 7.29. The van der Waals surface area contributed by atoms with Gasteiger partial charge in [-0.15, -0.1) is 10.2 Å². The van der Waals surface area contributed by atoms with Gasteiger partial charge in [-0.3, -0.25) is 9.69 Å². The van der Waals surface area contributed by atoms with Crippen LogP contribution in [0.3, 0.4) is 0 Å². The molecule has 0 aromatic carbocycles. The zero-order valence-electron chi connectivity index (χ0n) is 10.6. The van der Waals surface area contributed by atoms with E-state index in [1.54, 1.807) is 36.1 Å². The number of amides is 1. The lowest BCUT2D eigenvalue weighted by molar-refractivity contribution is -0.117. The van der Waals surface area contributed by atoms with Crippen molar-refractivity contribution in [3.05, 3.63) is 18.7 Å². The molecule has 19 heavy (non-hydrogen) atoms. The number of carbonyl (C=O) groups is 1. The summed E-state index contributed by atoms with van der Waals surface area (Å²) >= 11 is 3.00. The molecule has 2 rings (SSSR count). The van der Waals surface area contributed by atoms with E-state index >= 15 is 0 Å². The highest BCUT2D eigenvalue weighted by atomic mass is 32.2. The van der Waals surface area contributed by atoms with Crippen LogP contribution in [0.2, 0.25) is 0 Å². The third kappa shape index (κ3) is 3.48. The molecule has 6 nitrogen and oxygen atoms in total. The molecule has 0 fully saturated rings. The molecule has 0 saturated carbocycles. The highest BCUT2D eigenvalue weighted by molar-refractivity contribution is 7.98. The average molecular weight is 295 g/mol. The highest BCUT2D eigenvalue weighted by Gasteiger charge is 2.16. The summed E-state index contributed by atoms with van der Waals surface area (Å²) in [4.78, 5) is 21.3. The van der Waals surface area contributed by atoms with Gasteiger partial charge >= 0.3 is 0 Å². The zero-order valence-corrected chi connectivity index (χ0v) is 12.2. The van der Waals surface area contributed by atoms with Crippen LogP contribution in [0.25, 0.3) is 10.6 Å². The van der Waals surface area contributed by atoms with Crippen molar-refractivity contribution in [2.45, 2.75) is 6.42 Å². The molecule has 0 saturated heterocycles. The molecule has 0 unspecified atom stereocenters. The molecule has 100 valence electrons. The van der Waals surface area contributed by atoms with Gasteiger partial charge in [0.2, 0.25) is 11.0 Å². The number of thioether (sulfide) groups is 1. The maximum atomic E-state index is 11.9. The molecule has 0 aliphatic heterocycles. The Balaban J connectivity index is 2.11. The molecule has 0 atom stereocenters. The normalized spacial score (nSPS) is 10.4. The van der Waals surface area contributed by atoms with E-state index in [1.165, 1.54) is 17.7 Å². The summed E-state index contributed by atoms with van der Waals surface area (Å²) in [5.41, 5.74) is 0.802. The molecule has 0 radical (unpaired) electrons. The van der Waals surface area contributed by atoms with Gasteiger partial charge in [-0.1, -0.05) is 11.3 Å². The Hall–Kier alpha value is -1.54. The second-order valence-electron chi connectivity index (χ2n) is 3.71. The van der Waals surface area contributed by atoms with Gasteiger partial charge in [-0.25, -0.2) is 9.97 Å². The molecular weight excluding hydrogens is 282 g/mol. The summed E-state index contributed by atoms with van der Waals surface area (Å²) in [6.45, 7) is 0. The SMILES string of the molecule is CSCCC(=O)N(C)c1nnc(-c2cncnc2)s1. The summed E-state index contributed by atoms with van der Waals surface area (Å²) < 4.78 is 0. The van der Waals surface area contributed by atoms with E-state index < -0.39 is 0 Å². The third-order valence-electron chi connectivity index (χ3n) is 2.40. The standard InChI is InChI=1S/C11H13N5OS2/c1-16(9(17)3-4-18-2)11-15-14-10(19-11)8-5-12-7-13-6-8/h5-7H,3-4H2,1-2H3. The van der Waals surface area contributed by atoms with E-state index in [4.69, 9.17) is 0 Å². The zero-order chi connectivity index (χ0) is 13.7. The number of carbonyl (C=O) groups excluding carboxylic acids is 1. The van der Waals surface area contributed by atoms with Gasteiger partial charge in [0.1, 0.15) is 6.33 Å². The maximum Gasteiger partial charge on any atom is 0.229 e. The van der Waals surface area contributed by atoms with Crippen LogP contribution in [-0.4, -0.2) is 45.1 Å². The van der Waals surface area contributed by atoms with Crippen LogP contribution in [0.15, 0.2) is 18.7 Å². The summed E-state index contributed by atoms with van der Waals surface area (Å²) in [5, 5.41) is 9.39. The van der Waals surface area contributed by atoms with Crippen LogP contribution in [0, 0.1) is 0 Å². The largest absolute Gasteiger partial charge is 0.290 e. The van der Waals surface area contributed by atoms with Crippen molar-refractivity contribution >= 4 is 34.1 Å². The molecule has 0 N–H and O–H groups in total. The van der Waals surface area contributed by atoms with Gasteiger partial charge in [0.25, 0.3) is 0 Å². The lowest BCUT2D eigenvalue weighted by Crippen LogP contribution is -2.26. The van der Waals surface area contributed by atoms with Crippen LogP contribution in [0.1, 0.15) is 6.42 Å². The Morgan fingerprint density at radius 3 is 2.79 bits per heavy atom. The van der Waals surface area contributed by atoms with Gasteiger partial charge in [0.05, 0.1) is 0 Å². The first-order valence-corrected chi connectivity index (χ1v) is 7.77. The van der Waals surface area contributed by atoms with E-state index in [0.717, 1.165) is 11.3 Å². The fraction of sp³-hybridized carbons (Fsp3) is 0.364. The van der Waals surface area contributed by atoms with Gasteiger partial charge in [-0.2, -0.15) is 11.8 Å². The van der Waals surface area contributed by atoms with Crippen molar-refractivity contribution in [1.82, 2.24) is 20.2 Å². The molecule has 0 aliphatic carbocycles. The average Bonchev–Trinajstić information content (AvgIpc) is 2.94. The van der Waals surface area contributed by atoms with Crippen LogP contribution < -0.4 is 4.90 Å². The van der Waals surface area contributed by atoms with Crippen LogP contribution >= 0.6 is 23.1 Å². The maximum absolute atomic E-state index is 11.9. The van der Waals surface area contributed by atoms with Crippen molar-refractivity contribution in [1.29, 1.82) is 0 Å². The molecule has 8 heteroatoms. The van der Waals surface area contributed by atoms with Crippen LogP contribution in [-0.2, 0) is 4.79 Å². The number of aromatic nitrogens is 4. The fourth-order valence-corrected chi connectivity index (χ4v) is 2.52. The minimum absolute atomic E-state index is 0.0429. The van der Waals surface area contributed by atoms with E-state index in [1.807, 2.05) is 6.26 Å². The second kappa shape index (κ2) is 6.58. The fourth-order valence-electron chi connectivity index (χ4n) is 1.34. The Morgan fingerprint density at radius 1 is 1.37 bits per heavy atom. The lowest BCUT2D eigenvalue weighted by Gasteiger charge is -2.11. The minimum atomic E-state index is 0.0429. The Bertz CT molecular complexity index is 545. The number of hydrogen-bond donors (Lipinski definition) is 0. The smallest absolute Gasteiger partial charge is 0.229 e. The highest BCUT2D eigenvalue weighted by Crippen LogP contribution is 2.27. The molecule has 0 aliphatic rings. The first kappa shape index (κ1) is 13.9. The molecule has 0 spiro atoms. The molecule has 2 heterocycles. The van der Waals surface area contributed by atoms with E-state index in [2.05, 4.69) is 20.2 Å². The summed E-state index contributed by atoms with van der Waals surface area (Å²) in [6, 6.07) is 0. The molecule has 2 aromatic heterocycles. The summed E-state index contributed by atoms with van der Waals surface area (Å²) in [5.74, 6) is 0.850. The van der Waals surface area contributed by atoms with Gasteiger partial charge < -0.3 is 0 Å². The van der Waals surface area contributed by atoms with Crippen molar-refractivity contribution < 1.29 is 4.79 Å². The molecular formula is C11H13N5OS2. The van der Waals surface area contributed by atoms with E-state index in [-0.39, 0.29) is 5.91 Å². The Labute approximate surface area is 119 Å². The molecule has 1 amide bonds. The predicted octanol–water partition coefficient (Wildman–Crippen LogP) is 1.71. The molecule has 2 aromatic rings. The van der Waals surface area contributed by atoms with Crippen molar-refractivity contribution in [2.24, 2.45) is 0 Å². The van der Waals surface area contributed by atoms with Crippen molar-refractivity contribution in [3.63, 3.8) is 0 Å². The number of nitrogens with zero attached hydrogens (tertiary/aromatic N) is 5. The lowest BCUT2D eigenvalue weighted by atomic mass is 10.4. The van der Waals surface area contributed by atoms with Crippen molar-refractivity contribution in [2.75, 3.05) is 24.0 Å². The molecule has 0 bridgehead atoms. The topological polar surface area (TPSA) is 71.9 Å². The summed E-state index contributed by atoms with van der Waals surface area (Å²) in [7, 11) is 1.72. The first-order valence-electron chi connectivity index (χ1n) is 5.56. The number of rotatable bonds is 5. The number of anilines is 1. The van der Waals surface area contributed by atoms with Gasteiger partial charge in [0.15, 0.2) is 5.01 Å². The minimum Gasteiger partial charge on any atom is -0.290 e. The van der Waals surface area contributed by atoms with Gasteiger partial charge in [-0.05, 0) is 6.26 Å². The number of hydrogen-bond acceptors (Lipinski definition) is 7. The second-order valence-corrected chi connectivity index (χ2v) is 5.65. The van der Waals surface area contributed by atoms with E-state index in [9.17, 15) is 4.79 Å². The quantitative estimate of drug-likeness (QED) is 0.836. The van der Waals surface area contributed by atoms with Gasteiger partial charge in [0, 0.05) is 37.2 Å². The van der Waals surface area contributed by atoms with Crippen LogP contribution in [0.4, 0.5) is 5.13 Å². The Kier molecular flexibility index (Phi) is 4.80. The van der Waals surface area contributed by atoms with E-state index in [0.29, 0.717) is 16.6 Å². The monoisotopic (exact) mass is 295 g/mol. The first-order chi connectivity index (χ1) is 9.22.